The van der Waals surface area contributed by atoms with Crippen LogP contribution in [0.1, 0.15) is 71.1 Å². The van der Waals surface area contributed by atoms with Crippen LogP contribution in [0, 0.1) is 0 Å². The summed E-state index contributed by atoms with van der Waals surface area (Å²) in [6, 6.07) is 0. The van der Waals surface area contributed by atoms with Crippen LogP contribution in [0.15, 0.2) is 0 Å². The van der Waals surface area contributed by atoms with Crippen molar-refractivity contribution in [2.45, 2.75) is 71.1 Å². The van der Waals surface area contributed by atoms with Gasteiger partial charge in [0.1, 0.15) is 0 Å². The van der Waals surface area contributed by atoms with Gasteiger partial charge in [-0.05, 0) is 12.2 Å². The predicted octanol–water partition coefficient (Wildman–Crippen LogP) is 4.99. The summed E-state index contributed by atoms with van der Waals surface area (Å²) in [5, 5.41) is 0. The zero-order chi connectivity index (χ0) is 9.78. The second-order valence-corrected chi connectivity index (χ2v) is 4.35. The van der Waals surface area contributed by atoms with Gasteiger partial charge in [-0.15, -0.1) is 0 Å². The molecule has 0 spiro atoms. The van der Waals surface area contributed by atoms with E-state index in [9.17, 15) is 0 Å². The van der Waals surface area contributed by atoms with Gasteiger partial charge in [-0.3, -0.25) is 4.70 Å². The molecule has 0 heterocycles. The number of rotatable bonds is 10. The van der Waals surface area contributed by atoms with Crippen LogP contribution in [0.25, 0.3) is 0 Å². The SMILES string of the molecule is CCCCCCCCCCCCS.F. The van der Waals surface area contributed by atoms with Crippen LogP contribution in [0.4, 0.5) is 4.70 Å². The fourth-order valence-corrected chi connectivity index (χ4v) is 1.82. The quantitative estimate of drug-likeness (QED) is 0.391. The van der Waals surface area contributed by atoms with Crippen molar-refractivity contribution in [3.63, 3.8) is 0 Å². The monoisotopic (exact) mass is 222 g/mol. The predicted molar refractivity (Wildman–Crippen MR) is 68.2 cm³/mol. The first kappa shape index (κ1) is 16.7. The minimum absolute atomic E-state index is 0. The summed E-state index contributed by atoms with van der Waals surface area (Å²) in [5.74, 6) is 1.07. The standard InChI is InChI=1S/C12H26S.FH/c1-2-3-4-5-6-7-8-9-10-11-12-13;/h13H,2-12H2,1H3;1H. The van der Waals surface area contributed by atoms with Crippen LogP contribution >= 0.6 is 12.6 Å². The van der Waals surface area contributed by atoms with Crippen molar-refractivity contribution in [1.29, 1.82) is 0 Å². The largest absolute Gasteiger partial charge is 0.269 e. The van der Waals surface area contributed by atoms with E-state index < -0.39 is 0 Å². The third kappa shape index (κ3) is 14.8. The van der Waals surface area contributed by atoms with E-state index in [0.29, 0.717) is 0 Å². The van der Waals surface area contributed by atoms with Crippen molar-refractivity contribution in [2.24, 2.45) is 0 Å². The molecule has 88 valence electrons. The minimum Gasteiger partial charge on any atom is -0.269 e. The molecule has 0 nitrogen and oxygen atoms in total. The maximum absolute atomic E-state index is 4.20. The Morgan fingerprint density at radius 1 is 0.643 bits per heavy atom. The highest BCUT2D eigenvalue weighted by Gasteiger charge is 1.91. The molecule has 14 heavy (non-hydrogen) atoms. The molecule has 0 N–H and O–H groups in total. The lowest BCUT2D eigenvalue weighted by Gasteiger charge is -2.00. The average Bonchev–Trinajstić information content (AvgIpc) is 2.16. The topological polar surface area (TPSA) is 0 Å². The molecule has 0 fully saturated rings. The van der Waals surface area contributed by atoms with Crippen LogP contribution in [0.2, 0.25) is 0 Å². The fourth-order valence-electron chi connectivity index (χ4n) is 1.60. The Hall–Kier alpha value is 0.280. The second-order valence-electron chi connectivity index (χ2n) is 3.91. The first-order valence-electron chi connectivity index (χ1n) is 6.02. The Labute approximate surface area is 94.6 Å². The van der Waals surface area contributed by atoms with Gasteiger partial charge in [-0.25, -0.2) is 0 Å². The normalized spacial score (nSPS) is 9.86. The minimum atomic E-state index is 0. The number of hydrogen-bond acceptors (Lipinski definition) is 1. The first-order chi connectivity index (χ1) is 6.41. The summed E-state index contributed by atoms with van der Waals surface area (Å²) in [7, 11) is 0. The smallest absolute Gasteiger partial charge is 0.00979 e. The lowest BCUT2D eigenvalue weighted by molar-refractivity contribution is 0.563. The van der Waals surface area contributed by atoms with Crippen molar-refractivity contribution < 1.29 is 4.70 Å². The molecule has 0 aromatic rings. The molecule has 0 radical (unpaired) electrons. The molecule has 0 aromatic carbocycles. The zero-order valence-corrected chi connectivity index (χ0v) is 10.5. The molecule has 2 heteroatoms. The molecule has 0 rings (SSSR count). The summed E-state index contributed by atoms with van der Waals surface area (Å²) in [4.78, 5) is 0. The third-order valence-electron chi connectivity index (χ3n) is 2.51. The Morgan fingerprint density at radius 3 is 1.36 bits per heavy atom. The lowest BCUT2D eigenvalue weighted by Crippen LogP contribution is -1.81. The van der Waals surface area contributed by atoms with Gasteiger partial charge >= 0.3 is 0 Å². The molecule has 0 saturated heterocycles. The highest BCUT2D eigenvalue weighted by atomic mass is 32.1. The zero-order valence-electron chi connectivity index (χ0n) is 9.63. The Bertz CT molecular complexity index is 76.4. The van der Waals surface area contributed by atoms with Gasteiger partial charge in [-0.1, -0.05) is 64.7 Å². The number of hydrogen-bond donors (Lipinski definition) is 1. The molecule has 0 amide bonds. The van der Waals surface area contributed by atoms with E-state index in [1.807, 2.05) is 0 Å². The number of halogens is 1. The van der Waals surface area contributed by atoms with E-state index in [2.05, 4.69) is 19.6 Å². The van der Waals surface area contributed by atoms with Crippen molar-refractivity contribution in [3.8, 4) is 0 Å². The van der Waals surface area contributed by atoms with E-state index in [4.69, 9.17) is 0 Å². The summed E-state index contributed by atoms with van der Waals surface area (Å²) < 4.78 is 0. The molecule has 0 atom stereocenters. The Kier molecular flexibility index (Phi) is 18.8. The maximum Gasteiger partial charge on any atom is -0.00979 e. The summed E-state index contributed by atoms with van der Waals surface area (Å²) >= 11 is 4.20. The molecule has 0 aliphatic carbocycles. The van der Waals surface area contributed by atoms with Crippen LogP contribution in [-0.2, 0) is 0 Å². The summed E-state index contributed by atoms with van der Waals surface area (Å²) in [5.41, 5.74) is 0. The summed E-state index contributed by atoms with van der Waals surface area (Å²) in [6.45, 7) is 2.28. The maximum atomic E-state index is 4.20. The first-order valence-corrected chi connectivity index (χ1v) is 6.66. The van der Waals surface area contributed by atoms with Gasteiger partial charge in [-0.2, -0.15) is 12.6 Å². The van der Waals surface area contributed by atoms with Gasteiger partial charge in [0, 0.05) is 0 Å². The average molecular weight is 222 g/mol. The molecular formula is C12H27FS. The van der Waals surface area contributed by atoms with Crippen LogP contribution < -0.4 is 0 Å². The van der Waals surface area contributed by atoms with E-state index in [0.717, 1.165) is 5.75 Å². The molecule has 0 aliphatic rings. The lowest BCUT2D eigenvalue weighted by atomic mass is 10.1. The molecule has 0 bridgehead atoms. The van der Waals surface area contributed by atoms with E-state index in [1.54, 1.807) is 0 Å². The van der Waals surface area contributed by atoms with Crippen LogP contribution in [0.5, 0.6) is 0 Å². The number of thiol groups is 1. The van der Waals surface area contributed by atoms with Crippen LogP contribution in [-0.4, -0.2) is 5.75 Å². The van der Waals surface area contributed by atoms with Gasteiger partial charge in [0.25, 0.3) is 0 Å². The van der Waals surface area contributed by atoms with Gasteiger partial charge in [0.15, 0.2) is 0 Å². The van der Waals surface area contributed by atoms with Gasteiger partial charge in [0.05, 0.1) is 0 Å². The fraction of sp³-hybridized carbons (Fsp3) is 1.00. The Morgan fingerprint density at radius 2 is 1.00 bits per heavy atom. The summed E-state index contributed by atoms with van der Waals surface area (Å²) in [6.07, 6.45) is 14.2. The molecule has 0 saturated carbocycles. The van der Waals surface area contributed by atoms with E-state index in [-0.39, 0.29) is 4.70 Å². The van der Waals surface area contributed by atoms with Gasteiger partial charge in [0.2, 0.25) is 0 Å². The van der Waals surface area contributed by atoms with Crippen molar-refractivity contribution >= 4 is 12.6 Å². The van der Waals surface area contributed by atoms with Crippen molar-refractivity contribution in [3.05, 3.63) is 0 Å². The highest BCUT2D eigenvalue weighted by Crippen LogP contribution is 2.10. The van der Waals surface area contributed by atoms with Crippen molar-refractivity contribution in [1.82, 2.24) is 0 Å². The molecule has 0 unspecified atom stereocenters. The number of unbranched alkanes of at least 4 members (excludes halogenated alkanes) is 9. The van der Waals surface area contributed by atoms with E-state index in [1.165, 1.54) is 64.2 Å². The van der Waals surface area contributed by atoms with Gasteiger partial charge < -0.3 is 0 Å². The molecular weight excluding hydrogens is 195 g/mol. The Balaban J connectivity index is 0. The molecule has 0 aliphatic heterocycles. The molecule has 0 aromatic heterocycles. The second kappa shape index (κ2) is 15.7. The van der Waals surface area contributed by atoms with Crippen LogP contribution in [0.3, 0.4) is 0 Å². The highest BCUT2D eigenvalue weighted by molar-refractivity contribution is 7.80. The van der Waals surface area contributed by atoms with Crippen molar-refractivity contribution in [2.75, 3.05) is 5.75 Å². The third-order valence-corrected chi connectivity index (χ3v) is 2.83. The van der Waals surface area contributed by atoms with E-state index >= 15 is 0 Å².